The van der Waals surface area contributed by atoms with Gasteiger partial charge in [-0.2, -0.15) is 0 Å². The lowest BCUT2D eigenvalue weighted by Gasteiger charge is -2.67. The predicted octanol–water partition coefficient (Wildman–Crippen LogP) is 3.06. The van der Waals surface area contributed by atoms with Crippen LogP contribution in [0.15, 0.2) is 41.5 Å². The Kier molecular flexibility index (Phi) is 11.9. The molecule has 0 aromatic heterocycles. The molecule has 2 heterocycles. The number of amides is 1. The summed E-state index contributed by atoms with van der Waals surface area (Å²) in [6.45, 7) is 7.10. The first-order chi connectivity index (χ1) is 26.4. The maximum Gasteiger partial charge on any atom is 0.338 e. The van der Waals surface area contributed by atoms with Crippen molar-refractivity contribution in [1.29, 1.82) is 0 Å². The fourth-order valence-electron chi connectivity index (χ4n) is 10.3. The third-order valence-corrected chi connectivity index (χ3v) is 13.5. The number of hydrogen-bond donors (Lipinski definition) is 5. The quantitative estimate of drug-likeness (QED) is 0.166. The number of hydrogen-bond acceptors (Lipinski definition) is 13. The van der Waals surface area contributed by atoms with Crippen molar-refractivity contribution >= 4 is 29.6 Å². The van der Waals surface area contributed by atoms with Crippen molar-refractivity contribution in [2.75, 3.05) is 6.61 Å². The molecule has 56 heavy (non-hydrogen) atoms. The first-order valence-electron chi connectivity index (χ1n) is 20.0. The fraction of sp³-hybridized carbons (Fsp3) is 0.690. The summed E-state index contributed by atoms with van der Waals surface area (Å²) in [4.78, 5) is 68.9. The molecule has 11 atom stereocenters. The predicted molar refractivity (Wildman–Crippen MR) is 198 cm³/mol. The molecule has 5 N–H and O–H groups in total. The van der Waals surface area contributed by atoms with Crippen LogP contribution >= 0.6 is 0 Å². The van der Waals surface area contributed by atoms with Crippen LogP contribution in [0.1, 0.15) is 117 Å². The van der Waals surface area contributed by atoms with Gasteiger partial charge in [0, 0.05) is 38.0 Å². The van der Waals surface area contributed by atoms with Gasteiger partial charge in [0.2, 0.25) is 5.91 Å². The molecular weight excluding hydrogens is 726 g/mol. The van der Waals surface area contributed by atoms with Gasteiger partial charge in [0.05, 0.1) is 30.1 Å². The lowest BCUT2D eigenvalue weighted by molar-refractivity contribution is -0.347. The molecule has 14 heteroatoms. The van der Waals surface area contributed by atoms with Crippen molar-refractivity contribution in [2.24, 2.45) is 16.7 Å². The minimum atomic E-state index is -2.25. The lowest BCUT2D eigenvalue weighted by atomic mass is 9.44. The van der Waals surface area contributed by atoms with Crippen LogP contribution in [-0.2, 0) is 42.9 Å². The summed E-state index contributed by atoms with van der Waals surface area (Å²) in [6.07, 6.45) is -4.70. The Morgan fingerprint density at radius 3 is 2.12 bits per heavy atom. The highest BCUT2D eigenvalue weighted by Crippen LogP contribution is 2.64. The molecule has 1 amide bonds. The Morgan fingerprint density at radius 2 is 1.52 bits per heavy atom. The van der Waals surface area contributed by atoms with Crippen LogP contribution in [0.2, 0.25) is 0 Å². The SMILES string of the molecule is CC(=O)O[C@@]12CO[C@@H]1C[C@H](O)[C@@]1(C)C(=O)[C@H](O)C3=C(C)[C@@H]4C[C@@](O)([C@@H](OC(=O)CCCCCCCCCC(=O)N[C@@H](c5ccccc5)[C@@H](O)C(=O)O4)[C@H]21)C3(C)C. The van der Waals surface area contributed by atoms with Crippen molar-refractivity contribution in [3.63, 3.8) is 0 Å². The second kappa shape index (κ2) is 15.9. The van der Waals surface area contributed by atoms with Crippen molar-refractivity contribution < 1.29 is 63.3 Å². The van der Waals surface area contributed by atoms with Gasteiger partial charge in [-0.05, 0) is 43.4 Å². The van der Waals surface area contributed by atoms with Crippen LogP contribution in [0.4, 0.5) is 0 Å². The largest absolute Gasteiger partial charge is 0.459 e. The Labute approximate surface area is 327 Å². The molecular formula is C42H57NO13. The zero-order chi connectivity index (χ0) is 40.8. The smallest absolute Gasteiger partial charge is 0.338 e. The van der Waals surface area contributed by atoms with Crippen molar-refractivity contribution in [3.8, 4) is 0 Å². The van der Waals surface area contributed by atoms with E-state index >= 15 is 0 Å². The molecule has 1 aromatic carbocycles. The Hall–Kier alpha value is -3.69. The number of ether oxygens (including phenoxy) is 4. The van der Waals surface area contributed by atoms with Crippen LogP contribution in [0.5, 0.6) is 0 Å². The maximum atomic E-state index is 14.9. The highest BCUT2D eigenvalue weighted by atomic mass is 16.6. The number of esters is 3. The summed E-state index contributed by atoms with van der Waals surface area (Å²) in [5.41, 5.74) is -6.75. The summed E-state index contributed by atoms with van der Waals surface area (Å²) in [7, 11) is 0. The van der Waals surface area contributed by atoms with Crippen molar-refractivity contribution in [2.45, 2.75) is 159 Å². The summed E-state index contributed by atoms with van der Waals surface area (Å²) in [5, 5.41) is 51.7. The molecule has 0 unspecified atom stereocenters. The number of aliphatic hydroxyl groups is 4. The molecule has 2 aliphatic heterocycles. The summed E-state index contributed by atoms with van der Waals surface area (Å²) in [6, 6.07) is 7.28. The van der Waals surface area contributed by atoms with Gasteiger partial charge >= 0.3 is 17.9 Å². The average molecular weight is 784 g/mol. The lowest BCUT2D eigenvalue weighted by Crippen LogP contribution is -2.81. The minimum Gasteiger partial charge on any atom is -0.459 e. The monoisotopic (exact) mass is 783 g/mol. The molecule has 2 saturated carbocycles. The molecule has 1 aromatic rings. The molecule has 308 valence electrons. The maximum absolute atomic E-state index is 14.9. The number of ketones is 1. The number of fused-ring (bicyclic) bond motifs is 6. The highest BCUT2D eigenvalue weighted by Gasteiger charge is 2.78. The van der Waals surface area contributed by atoms with Crippen LogP contribution in [0, 0.1) is 16.7 Å². The van der Waals surface area contributed by atoms with E-state index in [2.05, 4.69) is 5.32 Å². The van der Waals surface area contributed by atoms with Gasteiger partial charge in [-0.25, -0.2) is 4.79 Å². The van der Waals surface area contributed by atoms with Gasteiger partial charge in [0.15, 0.2) is 17.5 Å². The number of carbonyl (C=O) groups excluding carboxylic acids is 5. The van der Waals surface area contributed by atoms with Gasteiger partial charge in [0.1, 0.15) is 30.0 Å². The van der Waals surface area contributed by atoms with Crippen LogP contribution in [0.25, 0.3) is 0 Å². The second-order valence-electron chi connectivity index (χ2n) is 17.2. The zero-order valence-electron chi connectivity index (χ0n) is 33.0. The number of benzene rings is 1. The van der Waals surface area contributed by atoms with Gasteiger partial charge in [-0.15, -0.1) is 0 Å². The molecule has 3 aliphatic carbocycles. The summed E-state index contributed by atoms with van der Waals surface area (Å²) in [5.74, 6) is -5.22. The standard InChI is InChI=1S/C42H57NO13/c1-23-26-21-42(52)37(35-40(5,36(50)33(48)31(23)39(42,3)4)27(45)20-28-41(35,22-53-28)56-24(2)44)55-30(47)19-15-10-8-6-7-9-14-18-29(46)43-32(34(49)38(51)54-26)25-16-12-11-13-17-25/h11-13,16-17,26-28,32-35,37,45,48-49,52H,6-10,14-15,18-22H2,1-5H3,(H,43,46)/t26-,27-,28+,32-,33+,34+,35-,37-,40+,41-,42+/m0/s1. The van der Waals surface area contributed by atoms with E-state index in [1.165, 1.54) is 13.8 Å². The average Bonchev–Trinajstić information content (AvgIpc) is 3.14. The zero-order valence-corrected chi connectivity index (χ0v) is 33.0. The fourth-order valence-corrected chi connectivity index (χ4v) is 10.3. The van der Waals surface area contributed by atoms with E-state index in [1.807, 2.05) is 0 Å². The van der Waals surface area contributed by atoms with E-state index in [0.29, 0.717) is 24.8 Å². The highest BCUT2D eigenvalue weighted by molar-refractivity contribution is 5.93. The number of nitrogens with one attached hydrogen (secondary N) is 1. The normalized spacial score (nSPS) is 39.9. The van der Waals surface area contributed by atoms with Gasteiger partial charge in [0.25, 0.3) is 0 Å². The number of Topliss-reactive ketones (excluding diaryl/α,β-unsaturated/α-hetero) is 1. The second-order valence-corrected chi connectivity index (χ2v) is 17.2. The third kappa shape index (κ3) is 7.09. The summed E-state index contributed by atoms with van der Waals surface area (Å²) >= 11 is 0. The van der Waals surface area contributed by atoms with Crippen molar-refractivity contribution in [1.82, 2.24) is 5.32 Å². The Bertz CT molecular complexity index is 1730. The molecule has 4 fully saturated rings. The van der Waals surface area contributed by atoms with Crippen LogP contribution in [-0.4, -0.2) is 104 Å². The first-order valence-corrected chi connectivity index (χ1v) is 20.0. The Morgan fingerprint density at radius 1 is 0.893 bits per heavy atom. The van der Waals surface area contributed by atoms with Crippen LogP contribution in [0.3, 0.4) is 0 Å². The van der Waals surface area contributed by atoms with E-state index in [9.17, 15) is 44.4 Å². The van der Waals surface area contributed by atoms with Crippen molar-refractivity contribution in [3.05, 3.63) is 47.0 Å². The van der Waals surface area contributed by atoms with E-state index < -0.39 is 101 Å². The number of rotatable bonds is 2. The number of aliphatic hydroxyl groups excluding tert-OH is 3. The first kappa shape index (κ1) is 41.9. The van der Waals surface area contributed by atoms with Gasteiger partial charge < -0.3 is 44.7 Å². The number of carbonyl (C=O) groups is 5. The molecule has 14 nitrogen and oxygen atoms in total. The molecule has 5 aliphatic rings. The molecule has 2 saturated heterocycles. The molecule has 0 radical (unpaired) electrons. The van der Waals surface area contributed by atoms with Gasteiger partial charge in [-0.1, -0.05) is 76.3 Å². The molecule has 6 rings (SSSR count). The topological polar surface area (TPSA) is 215 Å². The third-order valence-electron chi connectivity index (χ3n) is 13.5. The van der Waals surface area contributed by atoms with Gasteiger partial charge in [-0.3, -0.25) is 19.2 Å². The van der Waals surface area contributed by atoms with E-state index in [1.54, 1.807) is 51.1 Å². The Balaban J connectivity index is 1.50. The van der Waals surface area contributed by atoms with E-state index in [0.717, 1.165) is 25.7 Å². The minimum absolute atomic E-state index is 0.00344. The van der Waals surface area contributed by atoms with E-state index in [-0.39, 0.29) is 42.9 Å². The molecule has 0 spiro atoms. The molecule has 3 bridgehead atoms. The van der Waals surface area contributed by atoms with E-state index in [4.69, 9.17) is 18.9 Å². The van der Waals surface area contributed by atoms with Crippen LogP contribution < -0.4 is 5.32 Å². The summed E-state index contributed by atoms with van der Waals surface area (Å²) < 4.78 is 24.2.